The number of primary amides is 1. The highest BCUT2D eigenvalue weighted by molar-refractivity contribution is 5.91. The Morgan fingerprint density at radius 3 is 2.41 bits per heavy atom. The van der Waals surface area contributed by atoms with Crippen LogP contribution in [0, 0.1) is 0 Å². The van der Waals surface area contributed by atoms with Crippen molar-refractivity contribution in [1.29, 1.82) is 0 Å². The molecule has 0 aliphatic carbocycles. The van der Waals surface area contributed by atoms with Crippen LogP contribution in [0.2, 0.25) is 0 Å². The SMILES string of the molecule is NC(=O)C=Cc1ccc(C(F)(F)F)nc1Nc1ccccc1. The number of amides is 1. The van der Waals surface area contributed by atoms with E-state index in [9.17, 15) is 18.0 Å². The zero-order valence-corrected chi connectivity index (χ0v) is 11.3. The van der Waals surface area contributed by atoms with Gasteiger partial charge in [-0.1, -0.05) is 18.2 Å². The summed E-state index contributed by atoms with van der Waals surface area (Å²) in [7, 11) is 0. The highest BCUT2D eigenvalue weighted by Gasteiger charge is 2.32. The Labute approximate surface area is 124 Å². The van der Waals surface area contributed by atoms with Gasteiger partial charge in [-0.2, -0.15) is 13.2 Å². The third-order valence-corrected chi connectivity index (χ3v) is 2.68. The molecule has 0 atom stereocenters. The van der Waals surface area contributed by atoms with E-state index in [-0.39, 0.29) is 5.82 Å². The van der Waals surface area contributed by atoms with Crippen molar-refractivity contribution in [3.05, 3.63) is 59.8 Å². The second-order valence-corrected chi connectivity index (χ2v) is 4.36. The number of rotatable bonds is 4. The number of nitrogens with zero attached hydrogens (tertiary/aromatic N) is 1. The molecule has 0 bridgehead atoms. The van der Waals surface area contributed by atoms with Gasteiger partial charge in [-0.25, -0.2) is 4.98 Å². The van der Waals surface area contributed by atoms with Gasteiger partial charge in [0.05, 0.1) is 0 Å². The van der Waals surface area contributed by atoms with Crippen LogP contribution in [0.3, 0.4) is 0 Å². The van der Waals surface area contributed by atoms with Gasteiger partial charge in [-0.3, -0.25) is 4.79 Å². The molecule has 114 valence electrons. The number of carbonyl (C=O) groups excluding carboxylic acids is 1. The quantitative estimate of drug-likeness (QED) is 0.851. The van der Waals surface area contributed by atoms with E-state index in [4.69, 9.17) is 5.73 Å². The van der Waals surface area contributed by atoms with E-state index in [1.807, 2.05) is 0 Å². The van der Waals surface area contributed by atoms with Gasteiger partial charge in [0.1, 0.15) is 11.5 Å². The van der Waals surface area contributed by atoms with Crippen LogP contribution in [0.4, 0.5) is 24.7 Å². The molecule has 2 rings (SSSR count). The summed E-state index contributed by atoms with van der Waals surface area (Å²) < 4.78 is 38.3. The molecule has 4 nitrogen and oxygen atoms in total. The molecule has 0 aliphatic heterocycles. The minimum absolute atomic E-state index is 0.0153. The van der Waals surface area contributed by atoms with Gasteiger partial charge in [-0.05, 0) is 30.3 Å². The predicted octanol–water partition coefficient (Wildman–Crippen LogP) is 3.34. The minimum Gasteiger partial charge on any atom is -0.366 e. The van der Waals surface area contributed by atoms with Crippen molar-refractivity contribution in [3.63, 3.8) is 0 Å². The first-order valence-electron chi connectivity index (χ1n) is 6.24. The van der Waals surface area contributed by atoms with E-state index >= 15 is 0 Å². The maximum absolute atomic E-state index is 12.8. The lowest BCUT2D eigenvalue weighted by Gasteiger charge is -2.12. The van der Waals surface area contributed by atoms with Crippen molar-refractivity contribution < 1.29 is 18.0 Å². The minimum atomic E-state index is -4.56. The molecule has 1 aromatic heterocycles. The summed E-state index contributed by atoms with van der Waals surface area (Å²) in [5, 5.41) is 2.79. The summed E-state index contributed by atoms with van der Waals surface area (Å²) in [5.74, 6) is -0.718. The van der Waals surface area contributed by atoms with Gasteiger partial charge in [0.15, 0.2) is 0 Å². The van der Waals surface area contributed by atoms with E-state index in [0.717, 1.165) is 12.1 Å². The Balaban J connectivity index is 2.43. The third-order valence-electron chi connectivity index (χ3n) is 2.68. The lowest BCUT2D eigenvalue weighted by Crippen LogP contribution is -2.10. The molecule has 0 unspecified atom stereocenters. The number of hydrogen-bond acceptors (Lipinski definition) is 3. The van der Waals surface area contributed by atoms with Gasteiger partial charge < -0.3 is 11.1 Å². The maximum atomic E-state index is 12.8. The van der Waals surface area contributed by atoms with Crippen LogP contribution >= 0.6 is 0 Å². The molecule has 0 spiro atoms. The van der Waals surface area contributed by atoms with Crippen LogP contribution in [0.25, 0.3) is 6.08 Å². The number of aromatic nitrogens is 1. The number of halogens is 3. The number of benzene rings is 1. The smallest absolute Gasteiger partial charge is 0.366 e. The first kappa shape index (κ1) is 15.6. The Bertz CT molecular complexity index is 697. The summed E-state index contributed by atoms with van der Waals surface area (Å²) >= 11 is 0. The van der Waals surface area contributed by atoms with Gasteiger partial charge in [0, 0.05) is 17.3 Å². The Hall–Kier alpha value is -2.83. The molecule has 0 radical (unpaired) electrons. The molecule has 1 heterocycles. The number of para-hydroxylation sites is 1. The molecule has 0 aliphatic rings. The molecule has 0 saturated heterocycles. The molecule has 1 aromatic carbocycles. The summed E-state index contributed by atoms with van der Waals surface area (Å²) in [6, 6.07) is 10.7. The van der Waals surface area contributed by atoms with E-state index < -0.39 is 17.8 Å². The fraction of sp³-hybridized carbons (Fsp3) is 0.0667. The first-order chi connectivity index (χ1) is 10.4. The zero-order valence-electron chi connectivity index (χ0n) is 11.3. The van der Waals surface area contributed by atoms with E-state index in [1.54, 1.807) is 30.3 Å². The summed E-state index contributed by atoms with van der Waals surface area (Å²) in [6.45, 7) is 0. The van der Waals surface area contributed by atoms with Crippen molar-refractivity contribution in [1.82, 2.24) is 4.98 Å². The number of nitrogens with two attached hydrogens (primary N) is 1. The standard InChI is InChI=1S/C15H12F3N3O/c16-15(17,18)12-8-6-10(7-9-13(19)22)14(21-12)20-11-4-2-1-3-5-11/h1-9H,(H2,19,22)(H,20,21). The maximum Gasteiger partial charge on any atom is 0.433 e. The monoisotopic (exact) mass is 307 g/mol. The normalized spacial score (nSPS) is 11.6. The molecule has 3 N–H and O–H groups in total. The van der Waals surface area contributed by atoms with Gasteiger partial charge >= 0.3 is 6.18 Å². The van der Waals surface area contributed by atoms with Crippen LogP contribution < -0.4 is 11.1 Å². The molecule has 7 heteroatoms. The van der Waals surface area contributed by atoms with Gasteiger partial charge in [0.2, 0.25) is 5.91 Å². The zero-order chi connectivity index (χ0) is 16.2. The molecular formula is C15H12F3N3O. The lowest BCUT2D eigenvalue weighted by molar-refractivity contribution is -0.141. The lowest BCUT2D eigenvalue weighted by atomic mass is 10.2. The largest absolute Gasteiger partial charge is 0.433 e. The summed E-state index contributed by atoms with van der Waals surface area (Å²) in [5.41, 5.74) is 4.86. The molecule has 22 heavy (non-hydrogen) atoms. The van der Waals surface area contributed by atoms with Crippen molar-refractivity contribution in [2.45, 2.75) is 6.18 Å². The Kier molecular flexibility index (Phi) is 4.45. The van der Waals surface area contributed by atoms with E-state index in [2.05, 4.69) is 10.3 Å². The first-order valence-corrected chi connectivity index (χ1v) is 6.24. The number of anilines is 2. The van der Waals surface area contributed by atoms with Crippen LogP contribution in [-0.2, 0) is 11.0 Å². The highest BCUT2D eigenvalue weighted by Crippen LogP contribution is 2.30. The average molecular weight is 307 g/mol. The highest BCUT2D eigenvalue weighted by atomic mass is 19.4. The predicted molar refractivity (Wildman–Crippen MR) is 77.2 cm³/mol. The Morgan fingerprint density at radius 2 is 1.82 bits per heavy atom. The van der Waals surface area contributed by atoms with Crippen molar-refractivity contribution >= 4 is 23.5 Å². The average Bonchev–Trinajstić information content (AvgIpc) is 2.46. The number of alkyl halides is 3. The molecule has 2 aromatic rings. The summed E-state index contributed by atoms with van der Waals surface area (Å²) in [6.07, 6.45) is -2.19. The molecular weight excluding hydrogens is 295 g/mol. The molecule has 1 amide bonds. The van der Waals surface area contributed by atoms with Gasteiger partial charge in [-0.15, -0.1) is 0 Å². The third kappa shape index (κ3) is 4.08. The number of nitrogens with one attached hydrogen (secondary N) is 1. The van der Waals surface area contributed by atoms with Crippen LogP contribution in [0.1, 0.15) is 11.3 Å². The van der Waals surface area contributed by atoms with Crippen LogP contribution in [0.5, 0.6) is 0 Å². The molecule has 0 fully saturated rings. The van der Waals surface area contributed by atoms with Crippen molar-refractivity contribution in [2.24, 2.45) is 5.73 Å². The van der Waals surface area contributed by atoms with Gasteiger partial charge in [0.25, 0.3) is 0 Å². The number of carbonyl (C=O) groups is 1. The van der Waals surface area contributed by atoms with Crippen LogP contribution in [0.15, 0.2) is 48.5 Å². The molecule has 0 saturated carbocycles. The summed E-state index contributed by atoms with van der Waals surface area (Å²) in [4.78, 5) is 14.4. The number of pyridine rings is 1. The van der Waals surface area contributed by atoms with Crippen molar-refractivity contribution in [3.8, 4) is 0 Å². The Morgan fingerprint density at radius 1 is 1.14 bits per heavy atom. The topological polar surface area (TPSA) is 68.0 Å². The van der Waals surface area contributed by atoms with E-state index in [1.165, 1.54) is 12.1 Å². The van der Waals surface area contributed by atoms with Crippen molar-refractivity contribution in [2.75, 3.05) is 5.32 Å². The second-order valence-electron chi connectivity index (χ2n) is 4.36. The second kappa shape index (κ2) is 6.30. The van der Waals surface area contributed by atoms with E-state index in [0.29, 0.717) is 11.3 Å². The fourth-order valence-electron chi connectivity index (χ4n) is 1.69. The number of hydrogen-bond donors (Lipinski definition) is 2. The fourth-order valence-corrected chi connectivity index (χ4v) is 1.69. The van der Waals surface area contributed by atoms with Crippen LogP contribution in [-0.4, -0.2) is 10.9 Å².